The van der Waals surface area contributed by atoms with E-state index in [4.69, 9.17) is 0 Å². The van der Waals surface area contributed by atoms with Gasteiger partial charge >= 0.3 is 0 Å². The Balaban J connectivity index is 1.17. The monoisotopic (exact) mass is 494 g/mol. The molecule has 1 N–H and O–H groups in total. The Kier molecular flexibility index (Phi) is 7.20. The van der Waals surface area contributed by atoms with Crippen LogP contribution in [-0.4, -0.2) is 69.2 Å². The molecule has 0 unspecified atom stereocenters. The Labute approximate surface area is 194 Å². The maximum absolute atomic E-state index is 13.4. The molecular formula is C22H24F2N4O3S2. The van der Waals surface area contributed by atoms with Gasteiger partial charge in [-0.05, 0) is 42.5 Å². The third-order valence-corrected chi connectivity index (χ3v) is 8.31. The molecule has 7 nitrogen and oxygen atoms in total. The van der Waals surface area contributed by atoms with Crippen LogP contribution in [0.5, 0.6) is 0 Å². The van der Waals surface area contributed by atoms with Gasteiger partial charge in [-0.3, -0.25) is 9.69 Å². The number of aromatic nitrogens is 1. The van der Waals surface area contributed by atoms with Gasteiger partial charge in [0.25, 0.3) is 0 Å². The van der Waals surface area contributed by atoms with Gasteiger partial charge in [0.15, 0.2) is 15.0 Å². The minimum atomic E-state index is -3.63. The van der Waals surface area contributed by atoms with E-state index in [1.54, 1.807) is 6.07 Å². The summed E-state index contributed by atoms with van der Waals surface area (Å²) in [6.07, 6.45) is -0.147. The zero-order chi connectivity index (χ0) is 23.4. The van der Waals surface area contributed by atoms with E-state index in [9.17, 15) is 22.0 Å². The highest BCUT2D eigenvalue weighted by Crippen LogP contribution is 2.29. The highest BCUT2D eigenvalue weighted by atomic mass is 32.2. The van der Waals surface area contributed by atoms with Gasteiger partial charge in [-0.1, -0.05) is 11.3 Å². The summed E-state index contributed by atoms with van der Waals surface area (Å²) in [6, 6.07) is 9.18. The normalized spacial score (nSPS) is 15.2. The number of anilines is 1. The molecule has 1 aromatic heterocycles. The number of sulfone groups is 1. The minimum Gasteiger partial charge on any atom is -0.355 e. The summed E-state index contributed by atoms with van der Waals surface area (Å²) in [5.74, 6) is -1.43. The summed E-state index contributed by atoms with van der Waals surface area (Å²) in [6.45, 7) is 4.27. The van der Waals surface area contributed by atoms with Gasteiger partial charge in [0, 0.05) is 45.7 Å². The summed E-state index contributed by atoms with van der Waals surface area (Å²) < 4.78 is 51.7. The van der Waals surface area contributed by atoms with Crippen molar-refractivity contribution in [3.8, 4) is 0 Å². The Bertz CT molecular complexity index is 1220. The smallest absolute Gasteiger partial charge is 0.221 e. The average molecular weight is 495 g/mol. The molecule has 0 atom stereocenters. The number of hydrogen-bond donors (Lipinski definition) is 1. The van der Waals surface area contributed by atoms with E-state index < -0.39 is 15.7 Å². The fourth-order valence-electron chi connectivity index (χ4n) is 3.61. The molecule has 2 aromatic carbocycles. The first-order chi connectivity index (χ1) is 15.8. The molecule has 1 fully saturated rings. The molecule has 0 bridgehead atoms. The molecule has 3 aromatic rings. The molecule has 4 rings (SSSR count). The first-order valence-electron chi connectivity index (χ1n) is 10.6. The lowest BCUT2D eigenvalue weighted by Crippen LogP contribution is -2.48. The highest BCUT2D eigenvalue weighted by molar-refractivity contribution is 7.91. The lowest BCUT2D eigenvalue weighted by atomic mass is 10.3. The Morgan fingerprint density at radius 1 is 1.03 bits per heavy atom. The summed E-state index contributed by atoms with van der Waals surface area (Å²) in [4.78, 5) is 21.1. The number of nitrogens with one attached hydrogen (secondary N) is 1. The highest BCUT2D eigenvalue weighted by Gasteiger charge is 2.20. The third kappa shape index (κ3) is 6.04. The lowest BCUT2D eigenvalue weighted by molar-refractivity contribution is -0.120. The van der Waals surface area contributed by atoms with E-state index in [1.165, 1.54) is 35.6 Å². The Morgan fingerprint density at radius 3 is 2.45 bits per heavy atom. The second-order valence-corrected chi connectivity index (χ2v) is 10.9. The van der Waals surface area contributed by atoms with Crippen molar-refractivity contribution in [1.29, 1.82) is 0 Å². The van der Waals surface area contributed by atoms with Crippen molar-refractivity contribution in [2.24, 2.45) is 0 Å². The molecule has 11 heteroatoms. The number of carbonyl (C=O) groups is 1. The number of nitrogens with zero attached hydrogens (tertiary/aromatic N) is 3. The lowest BCUT2D eigenvalue weighted by Gasteiger charge is -2.34. The van der Waals surface area contributed by atoms with Gasteiger partial charge in [0.05, 0.1) is 20.9 Å². The third-order valence-electron chi connectivity index (χ3n) is 5.50. The van der Waals surface area contributed by atoms with Crippen molar-refractivity contribution in [2.45, 2.75) is 11.3 Å². The molecule has 1 aliphatic heterocycles. The van der Waals surface area contributed by atoms with Crippen LogP contribution in [0.2, 0.25) is 0 Å². The van der Waals surface area contributed by atoms with Crippen LogP contribution in [0.25, 0.3) is 10.2 Å². The topological polar surface area (TPSA) is 82.6 Å². The number of thiazole rings is 1. The van der Waals surface area contributed by atoms with Crippen LogP contribution in [0.4, 0.5) is 13.9 Å². The molecule has 176 valence electrons. The molecule has 1 saturated heterocycles. The standard InChI is InChI=1S/C22H24F2N4O3S2/c23-16-1-4-18(5-2-16)33(30,31)14-7-21(29)25-8-9-27-10-12-28(13-11-27)22-26-19-6-3-17(24)15-20(19)32-22/h1-6,15H,7-14H2,(H,25,29). The van der Waals surface area contributed by atoms with Gasteiger partial charge in [0.2, 0.25) is 5.91 Å². The van der Waals surface area contributed by atoms with Gasteiger partial charge in [0.1, 0.15) is 11.6 Å². The molecule has 2 heterocycles. The van der Waals surface area contributed by atoms with Gasteiger partial charge in [-0.25, -0.2) is 22.2 Å². The number of rotatable bonds is 8. The van der Waals surface area contributed by atoms with Crippen molar-refractivity contribution in [3.63, 3.8) is 0 Å². The minimum absolute atomic E-state index is 0.00725. The van der Waals surface area contributed by atoms with E-state index in [0.29, 0.717) is 13.1 Å². The summed E-state index contributed by atoms with van der Waals surface area (Å²) in [7, 11) is -3.63. The second-order valence-electron chi connectivity index (χ2n) is 7.81. The zero-order valence-corrected chi connectivity index (χ0v) is 19.5. The van der Waals surface area contributed by atoms with Crippen LogP contribution < -0.4 is 10.2 Å². The quantitative estimate of drug-likeness (QED) is 0.485. The Morgan fingerprint density at radius 2 is 1.73 bits per heavy atom. The van der Waals surface area contributed by atoms with Crippen molar-refractivity contribution >= 4 is 42.4 Å². The first-order valence-corrected chi connectivity index (χ1v) is 13.1. The summed E-state index contributed by atoms with van der Waals surface area (Å²) in [5, 5.41) is 3.65. The predicted octanol–water partition coefficient (Wildman–Crippen LogP) is 2.68. The zero-order valence-electron chi connectivity index (χ0n) is 17.8. The van der Waals surface area contributed by atoms with Crippen LogP contribution >= 0.6 is 11.3 Å². The van der Waals surface area contributed by atoms with Crippen LogP contribution in [0.15, 0.2) is 47.4 Å². The number of fused-ring (bicyclic) bond motifs is 1. The SMILES string of the molecule is O=C(CCS(=O)(=O)c1ccc(F)cc1)NCCN1CCN(c2nc3ccc(F)cc3s2)CC1. The number of carbonyl (C=O) groups excluding carboxylic acids is 1. The van der Waals surface area contributed by atoms with Crippen molar-refractivity contribution in [2.75, 3.05) is 49.9 Å². The Hall–Kier alpha value is -2.63. The first kappa shape index (κ1) is 23.5. The largest absolute Gasteiger partial charge is 0.355 e. The van der Waals surface area contributed by atoms with E-state index in [0.717, 1.165) is 53.7 Å². The van der Waals surface area contributed by atoms with Crippen molar-refractivity contribution < 1.29 is 22.0 Å². The molecule has 0 spiro atoms. The van der Waals surface area contributed by atoms with Gasteiger partial charge in [-0.15, -0.1) is 0 Å². The fourth-order valence-corrected chi connectivity index (χ4v) is 5.90. The molecule has 0 aliphatic carbocycles. The number of piperazine rings is 1. The van der Waals surface area contributed by atoms with Crippen LogP contribution in [0, 0.1) is 11.6 Å². The average Bonchev–Trinajstić information content (AvgIpc) is 3.22. The van der Waals surface area contributed by atoms with Crippen LogP contribution in [0.3, 0.4) is 0 Å². The maximum atomic E-state index is 13.4. The molecule has 0 saturated carbocycles. The summed E-state index contributed by atoms with van der Waals surface area (Å²) >= 11 is 1.48. The number of benzene rings is 2. The van der Waals surface area contributed by atoms with E-state index in [-0.39, 0.29) is 28.8 Å². The van der Waals surface area contributed by atoms with Crippen molar-refractivity contribution in [3.05, 3.63) is 54.1 Å². The second kappa shape index (κ2) is 10.1. The number of hydrogen-bond acceptors (Lipinski definition) is 7. The molecule has 1 amide bonds. The number of amides is 1. The fraction of sp³-hybridized carbons (Fsp3) is 0.364. The van der Waals surface area contributed by atoms with Gasteiger partial charge in [-0.2, -0.15) is 0 Å². The molecule has 0 radical (unpaired) electrons. The van der Waals surface area contributed by atoms with Gasteiger partial charge < -0.3 is 10.2 Å². The van der Waals surface area contributed by atoms with E-state index in [1.807, 2.05) is 0 Å². The molecule has 1 aliphatic rings. The summed E-state index contributed by atoms with van der Waals surface area (Å²) in [5.41, 5.74) is 0.794. The van der Waals surface area contributed by atoms with E-state index in [2.05, 4.69) is 20.1 Å². The molecular weight excluding hydrogens is 470 g/mol. The maximum Gasteiger partial charge on any atom is 0.221 e. The predicted molar refractivity (Wildman–Crippen MR) is 124 cm³/mol. The van der Waals surface area contributed by atoms with Crippen molar-refractivity contribution in [1.82, 2.24) is 15.2 Å². The number of halogens is 2. The van der Waals surface area contributed by atoms with E-state index >= 15 is 0 Å². The molecule has 33 heavy (non-hydrogen) atoms. The van der Waals surface area contributed by atoms with Crippen LogP contribution in [-0.2, 0) is 14.6 Å². The van der Waals surface area contributed by atoms with Crippen LogP contribution in [0.1, 0.15) is 6.42 Å².